The lowest BCUT2D eigenvalue weighted by atomic mass is 10.0. The minimum absolute atomic E-state index is 0.0759. The van der Waals surface area contributed by atoms with Crippen LogP contribution in [0.4, 0.5) is 0 Å². The van der Waals surface area contributed by atoms with Crippen LogP contribution in [0.5, 0.6) is 0 Å². The molecule has 0 N–H and O–H groups in total. The van der Waals surface area contributed by atoms with Gasteiger partial charge in [0.2, 0.25) is 0 Å². The third kappa shape index (κ3) is 61.7. The van der Waals surface area contributed by atoms with Crippen LogP contribution >= 0.6 is 0 Å². The maximum Gasteiger partial charge on any atom is 0.306 e. The number of ether oxygens (including phenoxy) is 3. The molecular weight excluding hydrogens is 937 g/mol. The van der Waals surface area contributed by atoms with Crippen LogP contribution in [0.2, 0.25) is 0 Å². The largest absolute Gasteiger partial charge is 0.462 e. The van der Waals surface area contributed by atoms with Gasteiger partial charge in [-0.25, -0.2) is 0 Å². The molecule has 6 nitrogen and oxygen atoms in total. The molecule has 0 aromatic carbocycles. The highest BCUT2D eigenvalue weighted by Gasteiger charge is 2.19. The third-order valence-electron chi connectivity index (χ3n) is 14.4. The molecule has 1 unspecified atom stereocenters. The molecule has 6 heteroatoms. The van der Waals surface area contributed by atoms with E-state index in [0.29, 0.717) is 19.3 Å². The first-order valence-electron chi connectivity index (χ1n) is 32.9. The number of hydrogen-bond donors (Lipinski definition) is 0. The minimum Gasteiger partial charge on any atom is -0.462 e. The molecule has 0 amide bonds. The Hall–Kier alpha value is -3.15. The Morgan fingerprint density at radius 1 is 0.276 bits per heavy atom. The zero-order chi connectivity index (χ0) is 55.0. The van der Waals surface area contributed by atoms with Gasteiger partial charge >= 0.3 is 17.9 Å². The van der Waals surface area contributed by atoms with Gasteiger partial charge in [-0.05, 0) is 89.9 Å². The van der Waals surface area contributed by atoms with Gasteiger partial charge in [0, 0.05) is 19.3 Å². The summed E-state index contributed by atoms with van der Waals surface area (Å²) >= 11 is 0. The van der Waals surface area contributed by atoms with Gasteiger partial charge in [0.1, 0.15) is 13.2 Å². The quantitative estimate of drug-likeness (QED) is 0.0261. The molecule has 0 aliphatic heterocycles. The zero-order valence-electron chi connectivity index (χ0n) is 50.5. The number of carbonyl (C=O) groups excluding carboxylic acids is 3. The van der Waals surface area contributed by atoms with E-state index < -0.39 is 6.10 Å². The fraction of sp³-hybridized carbons (Fsp3) is 0.786. The summed E-state index contributed by atoms with van der Waals surface area (Å²) in [6.07, 6.45) is 83.5. The standard InChI is InChI=1S/C70H124O6/c1-4-7-10-13-16-19-22-25-27-29-30-31-32-33-34-35-36-37-38-39-40-42-43-45-48-51-54-57-60-63-69(72)75-66-67(65-74-68(71)62-59-56-53-50-47-24-21-18-15-12-9-6-3)76-70(73)64-61-58-55-52-49-46-44-41-28-26-23-20-17-14-11-8-5-2/h8,11,17,20,22,25-26,28-30,32-33,67H,4-7,9-10,12-16,18-19,21,23-24,27,31,34-66H2,1-3H3/b11-8-,20-17-,25-22-,28-26-,30-29-,33-32-. The fourth-order valence-electron chi connectivity index (χ4n) is 9.53. The Labute approximate surface area is 472 Å². The second-order valence-electron chi connectivity index (χ2n) is 22.0. The molecule has 0 radical (unpaired) electrons. The molecule has 0 spiro atoms. The summed E-state index contributed by atoms with van der Waals surface area (Å²) < 4.78 is 16.9. The maximum atomic E-state index is 12.9. The van der Waals surface area contributed by atoms with E-state index in [2.05, 4.69) is 93.7 Å². The molecule has 0 saturated carbocycles. The van der Waals surface area contributed by atoms with Crippen molar-refractivity contribution in [3.05, 3.63) is 72.9 Å². The summed E-state index contributed by atoms with van der Waals surface area (Å²) in [7, 11) is 0. The van der Waals surface area contributed by atoms with Crippen LogP contribution < -0.4 is 0 Å². The SMILES string of the molecule is CC/C=C\C/C=C\C/C=C\CCCCCCCCCC(=O)OC(COC(=O)CCCCCCCCCCCCCC)COC(=O)CCCCCCCCCCCCCCCC/C=C\C/C=C\C/C=C\CCCCCCC. The van der Waals surface area contributed by atoms with E-state index >= 15 is 0 Å². The van der Waals surface area contributed by atoms with E-state index in [-0.39, 0.29) is 31.1 Å². The Kier molecular flexibility index (Phi) is 61.7. The molecule has 1 atom stereocenters. The van der Waals surface area contributed by atoms with E-state index in [9.17, 15) is 14.4 Å². The van der Waals surface area contributed by atoms with Gasteiger partial charge in [-0.15, -0.1) is 0 Å². The van der Waals surface area contributed by atoms with Crippen LogP contribution in [-0.2, 0) is 28.6 Å². The molecule has 0 aliphatic rings. The molecule has 0 aliphatic carbocycles. The highest BCUT2D eigenvalue weighted by molar-refractivity contribution is 5.71. The highest BCUT2D eigenvalue weighted by Crippen LogP contribution is 2.17. The highest BCUT2D eigenvalue weighted by atomic mass is 16.6. The maximum absolute atomic E-state index is 12.9. The molecule has 0 saturated heterocycles. The van der Waals surface area contributed by atoms with E-state index in [4.69, 9.17) is 14.2 Å². The van der Waals surface area contributed by atoms with Crippen LogP contribution in [0.15, 0.2) is 72.9 Å². The minimum atomic E-state index is -0.779. The molecule has 0 bridgehead atoms. The normalized spacial score (nSPS) is 12.5. The molecule has 0 aromatic heterocycles. The zero-order valence-corrected chi connectivity index (χ0v) is 50.5. The summed E-state index contributed by atoms with van der Waals surface area (Å²) in [5.74, 6) is -0.871. The van der Waals surface area contributed by atoms with Gasteiger partial charge in [-0.1, -0.05) is 299 Å². The summed E-state index contributed by atoms with van der Waals surface area (Å²) in [6.45, 7) is 6.54. The monoisotopic (exact) mass is 1060 g/mol. The molecule has 76 heavy (non-hydrogen) atoms. The van der Waals surface area contributed by atoms with Crippen molar-refractivity contribution >= 4 is 17.9 Å². The number of unbranched alkanes of at least 4 members (excludes halogenated alkanes) is 37. The summed E-state index contributed by atoms with van der Waals surface area (Å²) in [4.78, 5) is 38.3. The van der Waals surface area contributed by atoms with Crippen molar-refractivity contribution < 1.29 is 28.6 Å². The van der Waals surface area contributed by atoms with Gasteiger partial charge in [0.15, 0.2) is 6.10 Å². The first-order chi connectivity index (χ1) is 37.5. The van der Waals surface area contributed by atoms with Crippen molar-refractivity contribution in [1.82, 2.24) is 0 Å². The second kappa shape index (κ2) is 64.4. The average Bonchev–Trinajstić information content (AvgIpc) is 3.42. The Bertz CT molecular complexity index is 1400. The predicted molar refractivity (Wildman–Crippen MR) is 330 cm³/mol. The van der Waals surface area contributed by atoms with E-state index in [1.807, 2.05) is 0 Å². The van der Waals surface area contributed by atoms with Crippen LogP contribution in [0.1, 0.15) is 335 Å². The second-order valence-corrected chi connectivity index (χ2v) is 22.0. The van der Waals surface area contributed by atoms with Crippen molar-refractivity contribution in [2.45, 2.75) is 341 Å². The van der Waals surface area contributed by atoms with Crippen LogP contribution in [0.3, 0.4) is 0 Å². The topological polar surface area (TPSA) is 78.9 Å². The smallest absolute Gasteiger partial charge is 0.306 e. The van der Waals surface area contributed by atoms with Gasteiger partial charge < -0.3 is 14.2 Å². The van der Waals surface area contributed by atoms with Crippen LogP contribution in [0, 0.1) is 0 Å². The van der Waals surface area contributed by atoms with Gasteiger partial charge in [0.25, 0.3) is 0 Å². The van der Waals surface area contributed by atoms with Crippen molar-refractivity contribution in [1.29, 1.82) is 0 Å². The van der Waals surface area contributed by atoms with E-state index in [1.165, 1.54) is 199 Å². The lowest BCUT2D eigenvalue weighted by Gasteiger charge is -2.18. The summed E-state index contributed by atoms with van der Waals surface area (Å²) in [5.41, 5.74) is 0. The number of allylic oxidation sites excluding steroid dienone is 12. The summed E-state index contributed by atoms with van der Waals surface area (Å²) in [5, 5.41) is 0. The first-order valence-corrected chi connectivity index (χ1v) is 32.9. The van der Waals surface area contributed by atoms with Crippen molar-refractivity contribution in [3.8, 4) is 0 Å². The lowest BCUT2D eigenvalue weighted by molar-refractivity contribution is -0.167. The Balaban J connectivity index is 4.21. The number of hydrogen-bond acceptors (Lipinski definition) is 6. The molecule has 0 heterocycles. The van der Waals surface area contributed by atoms with Crippen molar-refractivity contribution in [3.63, 3.8) is 0 Å². The van der Waals surface area contributed by atoms with Gasteiger partial charge in [0.05, 0.1) is 0 Å². The van der Waals surface area contributed by atoms with Crippen LogP contribution in [-0.4, -0.2) is 37.2 Å². The first kappa shape index (κ1) is 72.8. The van der Waals surface area contributed by atoms with E-state index in [1.54, 1.807) is 0 Å². The molecule has 0 aromatic rings. The Morgan fingerprint density at radius 2 is 0.513 bits per heavy atom. The molecule has 440 valence electrons. The molecule has 0 fully saturated rings. The van der Waals surface area contributed by atoms with Crippen molar-refractivity contribution in [2.75, 3.05) is 13.2 Å². The van der Waals surface area contributed by atoms with Gasteiger partial charge in [-0.3, -0.25) is 14.4 Å². The average molecular weight is 1060 g/mol. The van der Waals surface area contributed by atoms with Crippen LogP contribution in [0.25, 0.3) is 0 Å². The van der Waals surface area contributed by atoms with E-state index in [0.717, 1.165) is 96.3 Å². The van der Waals surface area contributed by atoms with Crippen molar-refractivity contribution in [2.24, 2.45) is 0 Å². The Morgan fingerprint density at radius 3 is 0.803 bits per heavy atom. The number of carbonyl (C=O) groups is 3. The third-order valence-corrected chi connectivity index (χ3v) is 14.4. The predicted octanol–water partition coefficient (Wildman–Crippen LogP) is 22.5. The lowest BCUT2D eigenvalue weighted by Crippen LogP contribution is -2.30. The number of esters is 3. The van der Waals surface area contributed by atoms with Gasteiger partial charge in [-0.2, -0.15) is 0 Å². The fourth-order valence-corrected chi connectivity index (χ4v) is 9.53. The molecule has 0 rings (SSSR count). The molecular formula is C70H124O6. The summed E-state index contributed by atoms with van der Waals surface area (Å²) in [6, 6.07) is 0. The number of rotatable bonds is 60.